The molecule has 1 aromatic heterocycles. The van der Waals surface area contributed by atoms with Crippen molar-refractivity contribution in [3.63, 3.8) is 0 Å². The van der Waals surface area contributed by atoms with Crippen molar-refractivity contribution in [2.45, 2.75) is 29.6 Å². The number of nitrogens with one attached hydrogen (secondary N) is 1. The molecule has 0 radical (unpaired) electrons. The van der Waals surface area contributed by atoms with E-state index in [0.717, 1.165) is 4.90 Å². The molecule has 0 unspecified atom stereocenters. The summed E-state index contributed by atoms with van der Waals surface area (Å²) in [7, 11) is 0. The maximum absolute atomic E-state index is 11.3. The Labute approximate surface area is 115 Å². The molecular formula is C13H13ClN2OS. The lowest BCUT2D eigenvalue weighted by Gasteiger charge is -2.07. The van der Waals surface area contributed by atoms with Crippen molar-refractivity contribution < 1.29 is 0 Å². The molecule has 0 amide bonds. The highest BCUT2D eigenvalue weighted by Gasteiger charge is 2.07. The minimum absolute atomic E-state index is 0.183. The second-order valence-corrected chi connectivity index (χ2v) is 5.70. The Balaban J connectivity index is 2.24. The van der Waals surface area contributed by atoms with Crippen LogP contribution in [0.25, 0.3) is 0 Å². The van der Waals surface area contributed by atoms with Crippen molar-refractivity contribution in [2.24, 2.45) is 0 Å². The third kappa shape index (κ3) is 2.94. The molecule has 1 heterocycles. The van der Waals surface area contributed by atoms with Gasteiger partial charge < -0.3 is 0 Å². The number of rotatable bonds is 3. The second kappa shape index (κ2) is 5.59. The summed E-state index contributed by atoms with van der Waals surface area (Å²) in [6, 6.07) is 8.22. The molecule has 0 aliphatic rings. The molecule has 2 aromatic rings. The van der Waals surface area contributed by atoms with E-state index in [0.29, 0.717) is 10.8 Å². The van der Waals surface area contributed by atoms with Crippen molar-refractivity contribution >= 4 is 23.4 Å². The zero-order valence-corrected chi connectivity index (χ0v) is 11.7. The summed E-state index contributed by atoms with van der Waals surface area (Å²) in [6.45, 7) is 4.30. The number of nitrogens with zero attached hydrogens (tertiary/aromatic N) is 1. The van der Waals surface area contributed by atoms with Gasteiger partial charge in [-0.25, -0.2) is 5.10 Å². The summed E-state index contributed by atoms with van der Waals surface area (Å²) in [5.74, 6) is 0.508. The Bertz CT molecular complexity index is 593. The highest BCUT2D eigenvalue weighted by atomic mass is 35.5. The van der Waals surface area contributed by atoms with Gasteiger partial charge in [-0.1, -0.05) is 49.3 Å². The lowest BCUT2D eigenvalue weighted by atomic mass is 10.0. The molecule has 1 aromatic carbocycles. The molecule has 0 spiro atoms. The number of hydrogen-bond donors (Lipinski definition) is 1. The average molecular weight is 281 g/mol. The molecule has 0 aliphatic carbocycles. The topological polar surface area (TPSA) is 45.8 Å². The van der Waals surface area contributed by atoms with E-state index in [2.05, 4.69) is 36.2 Å². The van der Waals surface area contributed by atoms with Gasteiger partial charge in [-0.2, -0.15) is 5.10 Å². The fraction of sp³-hybridized carbons (Fsp3) is 0.231. The van der Waals surface area contributed by atoms with E-state index in [9.17, 15) is 4.79 Å². The van der Waals surface area contributed by atoms with Crippen LogP contribution in [0.3, 0.4) is 0 Å². The molecule has 0 fully saturated rings. The number of halogens is 1. The number of benzene rings is 1. The van der Waals surface area contributed by atoms with Gasteiger partial charge in [-0.05, 0) is 23.6 Å². The third-order valence-electron chi connectivity index (χ3n) is 2.54. The van der Waals surface area contributed by atoms with Gasteiger partial charge in [-0.3, -0.25) is 4.79 Å². The van der Waals surface area contributed by atoms with Gasteiger partial charge in [0.1, 0.15) is 5.02 Å². The van der Waals surface area contributed by atoms with E-state index in [1.54, 1.807) is 6.20 Å². The molecule has 2 rings (SSSR count). The van der Waals surface area contributed by atoms with Crippen molar-refractivity contribution in [1.82, 2.24) is 10.2 Å². The van der Waals surface area contributed by atoms with Crippen LogP contribution in [0.2, 0.25) is 5.02 Å². The van der Waals surface area contributed by atoms with Gasteiger partial charge in [0.15, 0.2) is 0 Å². The summed E-state index contributed by atoms with van der Waals surface area (Å²) < 4.78 is 0. The van der Waals surface area contributed by atoms with Crippen molar-refractivity contribution in [2.75, 3.05) is 0 Å². The van der Waals surface area contributed by atoms with E-state index >= 15 is 0 Å². The molecule has 1 N–H and O–H groups in total. The average Bonchev–Trinajstić information content (AvgIpc) is 2.36. The number of hydrogen-bond acceptors (Lipinski definition) is 3. The molecule has 94 valence electrons. The fourth-order valence-electron chi connectivity index (χ4n) is 1.49. The van der Waals surface area contributed by atoms with Crippen LogP contribution in [0, 0.1) is 0 Å². The molecular weight excluding hydrogens is 268 g/mol. The van der Waals surface area contributed by atoms with Crippen LogP contribution in [-0.2, 0) is 0 Å². The first-order chi connectivity index (χ1) is 8.58. The van der Waals surface area contributed by atoms with Gasteiger partial charge in [0.2, 0.25) is 0 Å². The Kier molecular flexibility index (Phi) is 4.09. The van der Waals surface area contributed by atoms with Gasteiger partial charge in [0, 0.05) is 4.90 Å². The van der Waals surface area contributed by atoms with Gasteiger partial charge >= 0.3 is 0 Å². The predicted octanol–water partition coefficient (Wildman–Crippen LogP) is 3.70. The first kappa shape index (κ1) is 13.2. The van der Waals surface area contributed by atoms with Crippen LogP contribution >= 0.6 is 23.4 Å². The minimum atomic E-state index is -0.361. The normalized spacial score (nSPS) is 10.9. The Morgan fingerprint density at radius 2 is 1.94 bits per heavy atom. The SMILES string of the molecule is CC(C)c1ccc(Sc2cn[nH]c(=O)c2Cl)cc1. The number of H-pyrrole nitrogens is 1. The molecule has 0 atom stereocenters. The summed E-state index contributed by atoms with van der Waals surface area (Å²) >= 11 is 7.35. The highest BCUT2D eigenvalue weighted by Crippen LogP contribution is 2.31. The van der Waals surface area contributed by atoms with Gasteiger partial charge in [0.25, 0.3) is 5.56 Å². The smallest absolute Gasteiger partial charge is 0.266 e. The Morgan fingerprint density at radius 1 is 1.28 bits per heavy atom. The zero-order valence-electron chi connectivity index (χ0n) is 10.1. The predicted molar refractivity (Wildman–Crippen MR) is 74.5 cm³/mol. The third-order valence-corrected chi connectivity index (χ3v) is 4.06. The van der Waals surface area contributed by atoms with Crippen LogP contribution in [0.4, 0.5) is 0 Å². The largest absolute Gasteiger partial charge is 0.284 e. The van der Waals surface area contributed by atoms with Gasteiger partial charge in [0.05, 0.1) is 11.1 Å². The lowest BCUT2D eigenvalue weighted by Crippen LogP contribution is -2.08. The highest BCUT2D eigenvalue weighted by molar-refractivity contribution is 7.99. The number of aromatic amines is 1. The van der Waals surface area contributed by atoms with Crippen LogP contribution in [0.5, 0.6) is 0 Å². The monoisotopic (exact) mass is 280 g/mol. The van der Waals surface area contributed by atoms with Crippen LogP contribution in [-0.4, -0.2) is 10.2 Å². The maximum Gasteiger partial charge on any atom is 0.284 e. The molecule has 3 nitrogen and oxygen atoms in total. The molecule has 18 heavy (non-hydrogen) atoms. The fourth-order valence-corrected chi connectivity index (χ4v) is 2.51. The van der Waals surface area contributed by atoms with E-state index < -0.39 is 0 Å². The summed E-state index contributed by atoms with van der Waals surface area (Å²) in [4.78, 5) is 13.0. The quantitative estimate of drug-likeness (QED) is 0.932. The Hall–Kier alpha value is -1.26. The van der Waals surface area contributed by atoms with E-state index in [1.165, 1.54) is 17.3 Å². The van der Waals surface area contributed by atoms with Crippen molar-refractivity contribution in [3.05, 3.63) is 51.4 Å². The molecule has 0 saturated carbocycles. The summed E-state index contributed by atoms with van der Waals surface area (Å²) in [5, 5.41) is 6.23. The van der Waals surface area contributed by atoms with Crippen LogP contribution in [0.1, 0.15) is 25.3 Å². The molecule has 0 bridgehead atoms. The van der Waals surface area contributed by atoms with E-state index in [4.69, 9.17) is 11.6 Å². The van der Waals surface area contributed by atoms with Crippen molar-refractivity contribution in [3.8, 4) is 0 Å². The second-order valence-electron chi connectivity index (χ2n) is 4.20. The lowest BCUT2D eigenvalue weighted by molar-refractivity contribution is 0.865. The van der Waals surface area contributed by atoms with Crippen LogP contribution in [0.15, 0.2) is 45.0 Å². The van der Waals surface area contributed by atoms with E-state index in [-0.39, 0.29) is 10.6 Å². The first-order valence-corrected chi connectivity index (χ1v) is 6.78. The molecule has 0 aliphatic heterocycles. The van der Waals surface area contributed by atoms with Crippen molar-refractivity contribution in [1.29, 1.82) is 0 Å². The van der Waals surface area contributed by atoms with Crippen LogP contribution < -0.4 is 5.56 Å². The molecule has 5 heteroatoms. The summed E-state index contributed by atoms with van der Waals surface area (Å²) in [6.07, 6.45) is 1.56. The molecule has 0 saturated heterocycles. The van der Waals surface area contributed by atoms with E-state index in [1.807, 2.05) is 12.1 Å². The summed E-state index contributed by atoms with van der Waals surface area (Å²) in [5.41, 5.74) is 0.926. The van der Waals surface area contributed by atoms with Gasteiger partial charge in [-0.15, -0.1) is 0 Å². The Morgan fingerprint density at radius 3 is 2.56 bits per heavy atom. The number of aromatic nitrogens is 2. The maximum atomic E-state index is 11.3. The zero-order chi connectivity index (χ0) is 13.1. The first-order valence-electron chi connectivity index (χ1n) is 5.59. The standard InChI is InChI=1S/C13H13ClN2OS/c1-8(2)9-3-5-10(6-4-9)18-11-7-15-16-13(17)12(11)14/h3-8H,1-2H3,(H,16,17). The minimum Gasteiger partial charge on any atom is -0.266 e.